The summed E-state index contributed by atoms with van der Waals surface area (Å²) in [6, 6.07) is 5.63. The van der Waals surface area contributed by atoms with Crippen molar-refractivity contribution in [3.63, 3.8) is 0 Å². The minimum absolute atomic E-state index is 0.376. The van der Waals surface area contributed by atoms with Gasteiger partial charge in [0.05, 0.1) is 6.26 Å². The second-order valence-corrected chi connectivity index (χ2v) is 3.91. The highest BCUT2D eigenvalue weighted by atomic mass is 16.5. The van der Waals surface area contributed by atoms with Gasteiger partial charge in [0.15, 0.2) is 5.82 Å². The van der Waals surface area contributed by atoms with Gasteiger partial charge in [0.2, 0.25) is 0 Å². The van der Waals surface area contributed by atoms with Crippen molar-refractivity contribution in [2.24, 2.45) is 0 Å². The number of hydrogen-bond donors (Lipinski definition) is 1. The molecule has 2 aromatic rings. The second kappa shape index (κ2) is 6.16. The number of rotatable bonds is 6. The molecular weight excluding hydrogens is 230 g/mol. The zero-order valence-electron chi connectivity index (χ0n) is 10.6. The Morgan fingerprint density at radius 1 is 1.33 bits per heavy atom. The molecule has 2 aromatic heterocycles. The molecule has 0 atom stereocenters. The van der Waals surface area contributed by atoms with E-state index in [0.29, 0.717) is 19.0 Å². The highest BCUT2D eigenvalue weighted by Crippen LogP contribution is 2.08. The van der Waals surface area contributed by atoms with Crippen molar-refractivity contribution in [3.8, 4) is 0 Å². The van der Waals surface area contributed by atoms with Gasteiger partial charge < -0.3 is 14.5 Å². The van der Waals surface area contributed by atoms with Crippen LogP contribution in [-0.4, -0.2) is 16.5 Å². The molecule has 0 aliphatic heterocycles. The Kier molecular flexibility index (Phi) is 4.30. The third-order valence-corrected chi connectivity index (χ3v) is 2.31. The van der Waals surface area contributed by atoms with E-state index in [0.717, 1.165) is 23.8 Å². The topological polar surface area (TPSA) is 60.2 Å². The molecule has 0 saturated heterocycles. The first-order valence-corrected chi connectivity index (χ1v) is 5.96. The Labute approximate surface area is 106 Å². The minimum Gasteiger partial charge on any atom is -0.467 e. The highest BCUT2D eigenvalue weighted by molar-refractivity contribution is 5.35. The van der Waals surface area contributed by atoms with Gasteiger partial charge in [-0.2, -0.15) is 0 Å². The number of nitrogens with one attached hydrogen (secondary N) is 1. The maximum atomic E-state index is 5.51. The van der Waals surface area contributed by atoms with Crippen molar-refractivity contribution in [3.05, 3.63) is 41.7 Å². The van der Waals surface area contributed by atoms with Crippen LogP contribution in [0.3, 0.4) is 0 Å². The van der Waals surface area contributed by atoms with Crippen LogP contribution in [0.4, 0.5) is 5.82 Å². The molecule has 0 unspecified atom stereocenters. The number of ether oxygens (including phenoxy) is 1. The molecule has 0 aliphatic carbocycles. The molecule has 0 aromatic carbocycles. The summed E-state index contributed by atoms with van der Waals surface area (Å²) in [5.41, 5.74) is 0.928. The van der Waals surface area contributed by atoms with E-state index in [2.05, 4.69) is 15.3 Å². The molecule has 0 fully saturated rings. The molecule has 0 radical (unpaired) electrons. The van der Waals surface area contributed by atoms with Crippen LogP contribution >= 0.6 is 0 Å². The first kappa shape index (κ1) is 12.6. The summed E-state index contributed by atoms with van der Waals surface area (Å²) in [5, 5.41) is 3.17. The van der Waals surface area contributed by atoms with Gasteiger partial charge in [-0.3, -0.25) is 0 Å². The standard InChI is InChI=1S/C13H17N3O2/c1-3-14-12-7-10(2)15-13(16-12)9-17-8-11-5-4-6-18-11/h4-7H,3,8-9H2,1-2H3,(H,14,15,16). The predicted octanol–water partition coefficient (Wildman–Crippen LogP) is 2.53. The van der Waals surface area contributed by atoms with Gasteiger partial charge in [-0.1, -0.05) is 0 Å². The number of aryl methyl sites for hydroxylation is 1. The second-order valence-electron chi connectivity index (χ2n) is 3.91. The molecule has 0 bridgehead atoms. The Morgan fingerprint density at radius 2 is 2.22 bits per heavy atom. The zero-order valence-corrected chi connectivity index (χ0v) is 10.6. The van der Waals surface area contributed by atoms with Crippen molar-refractivity contribution >= 4 is 5.82 Å². The summed E-state index contributed by atoms with van der Waals surface area (Å²) in [7, 11) is 0. The predicted molar refractivity (Wildman–Crippen MR) is 68.1 cm³/mol. The van der Waals surface area contributed by atoms with Gasteiger partial charge in [0.25, 0.3) is 0 Å². The van der Waals surface area contributed by atoms with Gasteiger partial charge >= 0.3 is 0 Å². The molecule has 96 valence electrons. The minimum atomic E-state index is 0.376. The molecule has 5 nitrogen and oxygen atoms in total. The van der Waals surface area contributed by atoms with E-state index in [1.807, 2.05) is 32.0 Å². The van der Waals surface area contributed by atoms with E-state index in [9.17, 15) is 0 Å². The fourth-order valence-electron chi connectivity index (χ4n) is 1.60. The van der Waals surface area contributed by atoms with Crippen LogP contribution in [0.25, 0.3) is 0 Å². The van der Waals surface area contributed by atoms with Gasteiger partial charge in [-0.15, -0.1) is 0 Å². The normalized spacial score (nSPS) is 10.6. The van der Waals surface area contributed by atoms with Crippen LogP contribution in [0.15, 0.2) is 28.9 Å². The third kappa shape index (κ3) is 3.56. The Hall–Kier alpha value is -1.88. The molecule has 0 spiro atoms. The molecule has 2 heterocycles. The average molecular weight is 247 g/mol. The quantitative estimate of drug-likeness (QED) is 0.850. The van der Waals surface area contributed by atoms with Crippen LogP contribution in [0.1, 0.15) is 24.2 Å². The zero-order chi connectivity index (χ0) is 12.8. The van der Waals surface area contributed by atoms with Crippen molar-refractivity contribution in [1.29, 1.82) is 0 Å². The maximum Gasteiger partial charge on any atom is 0.156 e. The van der Waals surface area contributed by atoms with Gasteiger partial charge in [-0.25, -0.2) is 9.97 Å². The lowest BCUT2D eigenvalue weighted by atomic mass is 10.4. The summed E-state index contributed by atoms with van der Waals surface area (Å²) < 4.78 is 10.7. The fraction of sp³-hybridized carbons (Fsp3) is 0.385. The van der Waals surface area contributed by atoms with E-state index < -0.39 is 0 Å². The van der Waals surface area contributed by atoms with E-state index in [1.54, 1.807) is 6.26 Å². The van der Waals surface area contributed by atoms with Crippen molar-refractivity contribution in [2.75, 3.05) is 11.9 Å². The van der Waals surface area contributed by atoms with E-state index in [4.69, 9.17) is 9.15 Å². The first-order chi connectivity index (χ1) is 8.78. The summed E-state index contributed by atoms with van der Waals surface area (Å²) in [6.45, 7) is 5.62. The monoisotopic (exact) mass is 247 g/mol. The number of furan rings is 1. The fourth-order valence-corrected chi connectivity index (χ4v) is 1.60. The average Bonchev–Trinajstić information content (AvgIpc) is 2.82. The third-order valence-electron chi connectivity index (χ3n) is 2.31. The summed E-state index contributed by atoms with van der Waals surface area (Å²) in [4.78, 5) is 8.69. The summed E-state index contributed by atoms with van der Waals surface area (Å²) in [6.07, 6.45) is 1.63. The molecule has 18 heavy (non-hydrogen) atoms. The lowest BCUT2D eigenvalue weighted by molar-refractivity contribution is 0.0881. The number of hydrogen-bond acceptors (Lipinski definition) is 5. The molecule has 2 rings (SSSR count). The van der Waals surface area contributed by atoms with Gasteiger partial charge in [0, 0.05) is 18.3 Å². The molecular formula is C13H17N3O2. The molecule has 1 N–H and O–H groups in total. The van der Waals surface area contributed by atoms with Crippen molar-refractivity contribution in [1.82, 2.24) is 9.97 Å². The van der Waals surface area contributed by atoms with E-state index in [1.165, 1.54) is 0 Å². The van der Waals surface area contributed by atoms with Crippen molar-refractivity contribution in [2.45, 2.75) is 27.1 Å². The van der Waals surface area contributed by atoms with Crippen LogP contribution in [0.5, 0.6) is 0 Å². The highest BCUT2D eigenvalue weighted by Gasteiger charge is 2.03. The molecule has 0 aliphatic rings. The Morgan fingerprint density at radius 3 is 2.94 bits per heavy atom. The number of aromatic nitrogens is 2. The molecule has 0 amide bonds. The first-order valence-electron chi connectivity index (χ1n) is 5.96. The van der Waals surface area contributed by atoms with Crippen LogP contribution in [0.2, 0.25) is 0 Å². The Bertz CT molecular complexity index is 483. The van der Waals surface area contributed by atoms with Crippen molar-refractivity contribution < 1.29 is 9.15 Å². The van der Waals surface area contributed by atoms with Gasteiger partial charge in [0.1, 0.15) is 24.8 Å². The van der Waals surface area contributed by atoms with Crippen LogP contribution in [0, 0.1) is 6.92 Å². The van der Waals surface area contributed by atoms with Crippen LogP contribution in [-0.2, 0) is 18.0 Å². The smallest absolute Gasteiger partial charge is 0.156 e. The lowest BCUT2D eigenvalue weighted by Gasteiger charge is -2.07. The molecule has 5 heteroatoms. The van der Waals surface area contributed by atoms with E-state index >= 15 is 0 Å². The molecule has 0 saturated carbocycles. The maximum absolute atomic E-state index is 5.51. The van der Waals surface area contributed by atoms with Crippen LogP contribution < -0.4 is 5.32 Å². The Balaban J connectivity index is 1.92. The number of nitrogens with zero attached hydrogens (tertiary/aromatic N) is 2. The lowest BCUT2D eigenvalue weighted by Crippen LogP contribution is -2.06. The summed E-state index contributed by atoms with van der Waals surface area (Å²) >= 11 is 0. The van der Waals surface area contributed by atoms with E-state index in [-0.39, 0.29) is 0 Å². The summed E-state index contributed by atoms with van der Waals surface area (Å²) in [5.74, 6) is 2.31. The van der Waals surface area contributed by atoms with Gasteiger partial charge in [-0.05, 0) is 26.0 Å². The largest absolute Gasteiger partial charge is 0.467 e. The number of anilines is 1. The SMILES string of the molecule is CCNc1cc(C)nc(COCc2ccco2)n1.